The topological polar surface area (TPSA) is 152 Å². The van der Waals surface area contributed by atoms with Crippen LogP contribution in [0.5, 0.6) is 0 Å². The number of rotatable bonds is 7. The molecule has 1 amide bonds. The van der Waals surface area contributed by atoms with E-state index < -0.39 is 54.8 Å². The number of likely N-dealkylation sites (tertiary alicyclic amines) is 1. The van der Waals surface area contributed by atoms with Gasteiger partial charge in [-0.15, -0.1) is 5.10 Å². The van der Waals surface area contributed by atoms with Crippen molar-refractivity contribution in [1.29, 1.82) is 0 Å². The third-order valence-corrected chi connectivity index (χ3v) is 8.09. The average Bonchev–Trinajstić information content (AvgIpc) is 3.62. The lowest BCUT2D eigenvalue weighted by molar-refractivity contribution is -0.219. The Balaban J connectivity index is 1.30. The molecule has 14 heteroatoms. The number of benzene rings is 1. The first kappa shape index (κ1) is 28.3. The Morgan fingerprint density at radius 1 is 1.20 bits per heavy atom. The third-order valence-electron chi connectivity index (χ3n) is 8.09. The van der Waals surface area contributed by atoms with Gasteiger partial charge in [0.25, 0.3) is 0 Å². The van der Waals surface area contributed by atoms with Gasteiger partial charge in [0, 0.05) is 44.5 Å². The molecule has 0 spiro atoms. The second-order valence-corrected chi connectivity index (χ2v) is 10.5. The van der Waals surface area contributed by atoms with Crippen LogP contribution >= 0.6 is 0 Å². The highest BCUT2D eigenvalue weighted by atomic mass is 19.2. The summed E-state index contributed by atoms with van der Waals surface area (Å²) in [7, 11) is 1.46. The lowest BCUT2D eigenvalue weighted by Gasteiger charge is -2.44. The zero-order chi connectivity index (χ0) is 28.6. The summed E-state index contributed by atoms with van der Waals surface area (Å²) in [5.74, 6) is -1.89. The van der Waals surface area contributed by atoms with E-state index in [1.165, 1.54) is 41.9 Å². The minimum absolute atomic E-state index is 0.0710. The van der Waals surface area contributed by atoms with Crippen LogP contribution in [-0.4, -0.2) is 104 Å². The van der Waals surface area contributed by atoms with Gasteiger partial charge < -0.3 is 34.5 Å². The maximum absolute atomic E-state index is 14.6. The number of carbonyl (C=O) groups is 1. The Morgan fingerprint density at radius 2 is 1.95 bits per heavy atom. The molecule has 1 aromatic heterocycles. The number of aromatic nitrogens is 3. The van der Waals surface area contributed by atoms with Gasteiger partial charge in [0.2, 0.25) is 0 Å². The molecular weight excluding hydrogens is 532 g/mol. The molecule has 3 aliphatic heterocycles. The number of hydrogen-bond donors (Lipinski definition) is 3. The summed E-state index contributed by atoms with van der Waals surface area (Å²) in [6.07, 6.45) is -1.25. The largest absolute Gasteiger partial charge is 0.465 e. The standard InChI is InChI=1S/C26H33F2N5O7/c1-13-3-4-16(22(28)21(13)27)18-11-33(31-29-18)23-24(35)20(12-34)39-19(25(23)38-2)10-15-9-17(30-40-15)14-5-7-32(8-6-14)26(36)37/h3-4,11,14-15,19-20,23-25,34-35H,5-10,12H2,1-2H3,(H,36,37)/t15?,19-,20-,23+,24+,25+/m1/s1. The lowest BCUT2D eigenvalue weighted by atomic mass is 9.86. The van der Waals surface area contributed by atoms with Crippen molar-refractivity contribution >= 4 is 11.8 Å². The number of methoxy groups -OCH3 is 1. The van der Waals surface area contributed by atoms with E-state index in [-0.39, 0.29) is 28.8 Å². The zero-order valence-electron chi connectivity index (χ0n) is 22.2. The number of amides is 1. The molecular formula is C26H33F2N5O7. The van der Waals surface area contributed by atoms with Crippen molar-refractivity contribution in [3.8, 4) is 11.3 Å². The van der Waals surface area contributed by atoms with Crippen molar-refractivity contribution in [2.75, 3.05) is 26.8 Å². The molecule has 2 aromatic rings. The highest BCUT2D eigenvalue weighted by molar-refractivity contribution is 5.88. The Hall–Kier alpha value is -3.20. The quantitative estimate of drug-likeness (QED) is 0.459. The number of nitrogens with zero attached hydrogens (tertiary/aromatic N) is 5. The fourth-order valence-electron chi connectivity index (χ4n) is 5.83. The molecule has 218 valence electrons. The van der Waals surface area contributed by atoms with Crippen molar-refractivity contribution in [2.45, 2.75) is 69.2 Å². The van der Waals surface area contributed by atoms with Gasteiger partial charge in [-0.1, -0.05) is 16.4 Å². The SMILES string of the molecule is CO[C@@H]1[C@@H](n2cc(-c3ccc(C)c(F)c3F)nn2)[C@@H](O)[C@@H](CO)O[C@@H]1CC1CC(C2CCN(C(=O)O)CC2)=NO1. The summed E-state index contributed by atoms with van der Waals surface area (Å²) in [5, 5.41) is 42.6. The van der Waals surface area contributed by atoms with E-state index in [1.54, 1.807) is 0 Å². The van der Waals surface area contributed by atoms with Crippen molar-refractivity contribution < 1.29 is 43.2 Å². The highest BCUT2D eigenvalue weighted by Crippen LogP contribution is 2.36. The molecule has 0 saturated carbocycles. The number of aryl methyl sites for hydroxylation is 1. The van der Waals surface area contributed by atoms with Gasteiger partial charge in [0.1, 0.15) is 36.2 Å². The second kappa shape index (κ2) is 11.7. The maximum atomic E-state index is 14.6. The van der Waals surface area contributed by atoms with Crippen molar-refractivity contribution in [1.82, 2.24) is 19.9 Å². The smallest absolute Gasteiger partial charge is 0.407 e. The van der Waals surface area contributed by atoms with Gasteiger partial charge in [-0.3, -0.25) is 0 Å². The van der Waals surface area contributed by atoms with Gasteiger partial charge in [-0.25, -0.2) is 18.3 Å². The Morgan fingerprint density at radius 3 is 2.62 bits per heavy atom. The molecule has 0 radical (unpaired) electrons. The molecule has 5 rings (SSSR count). The Labute approximate surface area is 229 Å². The van der Waals surface area contributed by atoms with Gasteiger partial charge in [-0.2, -0.15) is 0 Å². The van der Waals surface area contributed by atoms with Crippen LogP contribution in [0.2, 0.25) is 0 Å². The van der Waals surface area contributed by atoms with Crippen LogP contribution in [0.3, 0.4) is 0 Å². The van der Waals surface area contributed by atoms with E-state index >= 15 is 0 Å². The Kier molecular flexibility index (Phi) is 8.31. The number of carboxylic acid groups (broad SMARTS) is 1. The molecule has 1 unspecified atom stereocenters. The minimum Gasteiger partial charge on any atom is -0.465 e. The molecule has 4 heterocycles. The zero-order valence-corrected chi connectivity index (χ0v) is 22.2. The summed E-state index contributed by atoms with van der Waals surface area (Å²) in [4.78, 5) is 18.3. The summed E-state index contributed by atoms with van der Waals surface area (Å²) < 4.78 is 41.9. The number of hydrogen-bond acceptors (Lipinski definition) is 9. The molecule has 40 heavy (non-hydrogen) atoms. The van der Waals surface area contributed by atoms with E-state index in [2.05, 4.69) is 15.5 Å². The summed E-state index contributed by atoms with van der Waals surface area (Å²) in [6, 6.07) is 2.00. The van der Waals surface area contributed by atoms with Gasteiger partial charge >= 0.3 is 6.09 Å². The first-order valence-electron chi connectivity index (χ1n) is 13.3. The van der Waals surface area contributed by atoms with E-state index in [1.807, 2.05) is 0 Å². The number of ether oxygens (including phenoxy) is 2. The van der Waals surface area contributed by atoms with Gasteiger partial charge in [-0.05, 0) is 31.4 Å². The summed E-state index contributed by atoms with van der Waals surface area (Å²) in [6.45, 7) is 1.87. The number of aliphatic hydroxyl groups is 2. The van der Waals surface area contributed by atoms with E-state index in [0.717, 1.165) is 5.71 Å². The van der Waals surface area contributed by atoms with Crippen molar-refractivity contribution in [3.05, 3.63) is 35.5 Å². The van der Waals surface area contributed by atoms with Crippen LogP contribution < -0.4 is 0 Å². The second-order valence-electron chi connectivity index (χ2n) is 10.5. The van der Waals surface area contributed by atoms with Crippen LogP contribution in [0, 0.1) is 24.5 Å². The van der Waals surface area contributed by atoms with Crippen LogP contribution in [0.1, 0.15) is 37.3 Å². The number of aliphatic hydroxyl groups excluding tert-OH is 2. The fraction of sp³-hybridized carbons (Fsp3) is 0.615. The molecule has 3 N–H and O–H groups in total. The molecule has 1 aromatic carbocycles. The van der Waals surface area contributed by atoms with Gasteiger partial charge in [0.05, 0.1) is 24.6 Å². The van der Waals surface area contributed by atoms with Crippen LogP contribution in [0.15, 0.2) is 23.5 Å². The molecule has 6 atom stereocenters. The minimum atomic E-state index is -1.24. The van der Waals surface area contributed by atoms with Crippen LogP contribution in [0.25, 0.3) is 11.3 Å². The first-order chi connectivity index (χ1) is 19.2. The van der Waals surface area contributed by atoms with E-state index in [4.69, 9.17) is 14.3 Å². The first-order valence-corrected chi connectivity index (χ1v) is 13.3. The normalized spacial score (nSPS) is 29.4. The van der Waals surface area contributed by atoms with Crippen LogP contribution in [0.4, 0.5) is 13.6 Å². The summed E-state index contributed by atoms with van der Waals surface area (Å²) >= 11 is 0. The fourth-order valence-corrected chi connectivity index (χ4v) is 5.83. The maximum Gasteiger partial charge on any atom is 0.407 e. The number of piperidine rings is 1. The molecule has 0 aliphatic carbocycles. The molecule has 2 saturated heterocycles. The van der Waals surface area contributed by atoms with Crippen LogP contribution in [-0.2, 0) is 14.3 Å². The predicted octanol–water partition coefficient (Wildman–Crippen LogP) is 2.13. The monoisotopic (exact) mass is 565 g/mol. The number of halogens is 2. The lowest BCUT2D eigenvalue weighted by Crippen LogP contribution is -2.57. The third kappa shape index (κ3) is 5.40. The molecule has 0 bridgehead atoms. The van der Waals surface area contributed by atoms with Gasteiger partial charge in [0.15, 0.2) is 11.6 Å². The van der Waals surface area contributed by atoms with Crippen molar-refractivity contribution in [2.24, 2.45) is 11.1 Å². The molecule has 3 aliphatic rings. The highest BCUT2D eigenvalue weighted by Gasteiger charge is 2.48. The molecule has 12 nitrogen and oxygen atoms in total. The van der Waals surface area contributed by atoms with E-state index in [9.17, 15) is 28.9 Å². The van der Waals surface area contributed by atoms with Crippen molar-refractivity contribution in [3.63, 3.8) is 0 Å². The summed E-state index contributed by atoms with van der Waals surface area (Å²) in [5.41, 5.74) is 1.04. The average molecular weight is 566 g/mol. The number of oxime groups is 1. The Bertz CT molecular complexity index is 1250. The molecule has 2 fully saturated rings. The predicted molar refractivity (Wildman–Crippen MR) is 136 cm³/mol. The van der Waals surface area contributed by atoms with E-state index in [0.29, 0.717) is 38.8 Å².